The summed E-state index contributed by atoms with van der Waals surface area (Å²) in [5, 5.41) is 9.16. The Kier molecular flexibility index (Phi) is 3.79. The SMILES string of the molecule is COc1cc(C)cc(C)c1-c1cc(C(=O)O)ccc1C. The average molecular weight is 270 g/mol. The van der Waals surface area contributed by atoms with Crippen LogP contribution in [-0.4, -0.2) is 18.2 Å². The van der Waals surface area contributed by atoms with Crippen LogP contribution in [-0.2, 0) is 0 Å². The molecule has 0 saturated heterocycles. The molecule has 0 aromatic heterocycles. The number of carboxylic acids is 1. The maximum atomic E-state index is 11.2. The molecule has 0 spiro atoms. The summed E-state index contributed by atoms with van der Waals surface area (Å²) in [6, 6.07) is 9.20. The summed E-state index contributed by atoms with van der Waals surface area (Å²) in [4.78, 5) is 11.2. The van der Waals surface area contributed by atoms with Crippen molar-refractivity contribution in [3.05, 3.63) is 52.6 Å². The lowest BCUT2D eigenvalue weighted by molar-refractivity contribution is 0.0697. The van der Waals surface area contributed by atoms with Crippen molar-refractivity contribution in [1.29, 1.82) is 0 Å². The van der Waals surface area contributed by atoms with E-state index in [4.69, 9.17) is 9.84 Å². The first-order valence-corrected chi connectivity index (χ1v) is 6.43. The van der Waals surface area contributed by atoms with E-state index < -0.39 is 5.97 Å². The van der Waals surface area contributed by atoms with E-state index in [0.717, 1.165) is 33.6 Å². The highest BCUT2D eigenvalue weighted by Gasteiger charge is 2.14. The van der Waals surface area contributed by atoms with E-state index >= 15 is 0 Å². The molecule has 20 heavy (non-hydrogen) atoms. The number of benzene rings is 2. The number of aryl methyl sites for hydroxylation is 3. The molecule has 0 aliphatic carbocycles. The Hall–Kier alpha value is -2.29. The maximum Gasteiger partial charge on any atom is 0.335 e. The summed E-state index contributed by atoms with van der Waals surface area (Å²) in [7, 11) is 1.63. The Balaban J connectivity index is 2.73. The predicted molar refractivity (Wildman–Crippen MR) is 79.6 cm³/mol. The number of aromatic carboxylic acids is 1. The first kappa shape index (κ1) is 14.1. The quantitative estimate of drug-likeness (QED) is 0.917. The van der Waals surface area contributed by atoms with Crippen molar-refractivity contribution in [2.75, 3.05) is 7.11 Å². The van der Waals surface area contributed by atoms with Crippen LogP contribution >= 0.6 is 0 Å². The van der Waals surface area contributed by atoms with Crippen LogP contribution < -0.4 is 4.74 Å². The van der Waals surface area contributed by atoms with Crippen LogP contribution in [0.3, 0.4) is 0 Å². The van der Waals surface area contributed by atoms with Crippen LogP contribution in [0.4, 0.5) is 0 Å². The minimum Gasteiger partial charge on any atom is -0.496 e. The Labute approximate surface area is 118 Å². The second-order valence-corrected chi connectivity index (χ2v) is 4.99. The van der Waals surface area contributed by atoms with E-state index in [1.165, 1.54) is 0 Å². The molecule has 0 aliphatic heterocycles. The first-order chi connectivity index (χ1) is 9.43. The van der Waals surface area contributed by atoms with Gasteiger partial charge in [0.25, 0.3) is 0 Å². The van der Waals surface area contributed by atoms with E-state index in [9.17, 15) is 4.79 Å². The molecule has 1 N–H and O–H groups in total. The monoisotopic (exact) mass is 270 g/mol. The van der Waals surface area contributed by atoms with Crippen LogP contribution in [0.25, 0.3) is 11.1 Å². The van der Waals surface area contributed by atoms with Gasteiger partial charge in [0, 0.05) is 5.56 Å². The molecular formula is C17H18O3. The molecular weight excluding hydrogens is 252 g/mol. The van der Waals surface area contributed by atoms with Crippen molar-refractivity contribution in [3.63, 3.8) is 0 Å². The molecule has 0 amide bonds. The van der Waals surface area contributed by atoms with Gasteiger partial charge in [-0.05, 0) is 61.2 Å². The van der Waals surface area contributed by atoms with Crippen LogP contribution in [0, 0.1) is 20.8 Å². The normalized spacial score (nSPS) is 10.4. The lowest BCUT2D eigenvalue weighted by atomic mass is 9.93. The standard InChI is InChI=1S/C17H18O3/c1-10-7-12(3)16(15(8-10)20-4)14-9-13(17(18)19)6-5-11(14)2/h5-9H,1-4H3,(H,18,19). The summed E-state index contributed by atoms with van der Waals surface area (Å²) in [6.45, 7) is 6.00. The van der Waals surface area contributed by atoms with Crippen molar-refractivity contribution in [1.82, 2.24) is 0 Å². The van der Waals surface area contributed by atoms with Gasteiger partial charge in [0.05, 0.1) is 12.7 Å². The van der Waals surface area contributed by atoms with E-state index in [2.05, 4.69) is 6.07 Å². The third kappa shape index (κ3) is 2.52. The van der Waals surface area contributed by atoms with Gasteiger partial charge >= 0.3 is 5.97 Å². The molecule has 2 rings (SSSR count). The summed E-state index contributed by atoms with van der Waals surface area (Å²) in [5.74, 6) is -0.150. The molecule has 0 saturated carbocycles. The van der Waals surface area contributed by atoms with Crippen LogP contribution in [0.2, 0.25) is 0 Å². The van der Waals surface area contributed by atoms with E-state index in [-0.39, 0.29) is 5.56 Å². The maximum absolute atomic E-state index is 11.2. The molecule has 0 aliphatic rings. The Bertz CT molecular complexity index is 672. The zero-order valence-corrected chi connectivity index (χ0v) is 12.2. The average Bonchev–Trinajstić information content (AvgIpc) is 2.38. The minimum absolute atomic E-state index is 0.285. The number of rotatable bonds is 3. The highest BCUT2D eigenvalue weighted by Crippen LogP contribution is 2.36. The van der Waals surface area contributed by atoms with Crippen LogP contribution in [0.1, 0.15) is 27.0 Å². The van der Waals surface area contributed by atoms with Gasteiger partial charge in [-0.3, -0.25) is 0 Å². The van der Waals surface area contributed by atoms with E-state index in [1.54, 1.807) is 19.2 Å². The van der Waals surface area contributed by atoms with Gasteiger partial charge in [0.15, 0.2) is 0 Å². The molecule has 2 aromatic rings. The molecule has 0 atom stereocenters. The lowest BCUT2D eigenvalue weighted by Gasteiger charge is -2.15. The molecule has 3 nitrogen and oxygen atoms in total. The fourth-order valence-corrected chi connectivity index (χ4v) is 2.46. The molecule has 0 fully saturated rings. The number of carbonyl (C=O) groups is 1. The van der Waals surface area contributed by atoms with E-state index in [0.29, 0.717) is 0 Å². The second kappa shape index (κ2) is 5.37. The van der Waals surface area contributed by atoms with Gasteiger partial charge in [-0.15, -0.1) is 0 Å². The summed E-state index contributed by atoms with van der Waals surface area (Å²) < 4.78 is 5.47. The number of ether oxygens (including phenoxy) is 1. The first-order valence-electron chi connectivity index (χ1n) is 6.43. The smallest absolute Gasteiger partial charge is 0.335 e. The zero-order valence-electron chi connectivity index (χ0n) is 12.2. The fraction of sp³-hybridized carbons (Fsp3) is 0.235. The van der Waals surface area contributed by atoms with Crippen molar-refractivity contribution in [2.24, 2.45) is 0 Å². The molecule has 104 valence electrons. The van der Waals surface area contributed by atoms with Gasteiger partial charge < -0.3 is 9.84 Å². The van der Waals surface area contributed by atoms with Gasteiger partial charge in [-0.1, -0.05) is 12.1 Å². The summed E-state index contributed by atoms with van der Waals surface area (Å²) >= 11 is 0. The number of methoxy groups -OCH3 is 1. The van der Waals surface area contributed by atoms with Crippen LogP contribution in [0.15, 0.2) is 30.3 Å². The molecule has 2 aromatic carbocycles. The zero-order chi connectivity index (χ0) is 14.9. The third-order valence-electron chi connectivity index (χ3n) is 3.42. The highest BCUT2D eigenvalue weighted by molar-refractivity contribution is 5.91. The van der Waals surface area contributed by atoms with Crippen LogP contribution in [0.5, 0.6) is 5.75 Å². The second-order valence-electron chi connectivity index (χ2n) is 4.99. The molecule has 0 heterocycles. The Morgan fingerprint density at radius 3 is 2.35 bits per heavy atom. The largest absolute Gasteiger partial charge is 0.496 e. The fourth-order valence-electron chi connectivity index (χ4n) is 2.46. The molecule has 3 heteroatoms. The van der Waals surface area contributed by atoms with Crippen molar-refractivity contribution in [3.8, 4) is 16.9 Å². The predicted octanol–water partition coefficient (Wildman–Crippen LogP) is 3.99. The topological polar surface area (TPSA) is 46.5 Å². The van der Waals surface area contributed by atoms with Gasteiger partial charge in [0.2, 0.25) is 0 Å². The van der Waals surface area contributed by atoms with Gasteiger partial charge in [-0.25, -0.2) is 4.79 Å². The summed E-state index contributed by atoms with van der Waals surface area (Å²) in [5.41, 5.74) is 5.37. The number of hydrogen-bond donors (Lipinski definition) is 1. The van der Waals surface area contributed by atoms with E-state index in [1.807, 2.05) is 32.9 Å². The number of hydrogen-bond acceptors (Lipinski definition) is 2. The van der Waals surface area contributed by atoms with Gasteiger partial charge in [-0.2, -0.15) is 0 Å². The highest BCUT2D eigenvalue weighted by atomic mass is 16.5. The van der Waals surface area contributed by atoms with Crippen molar-refractivity contribution in [2.45, 2.75) is 20.8 Å². The Morgan fingerprint density at radius 2 is 1.75 bits per heavy atom. The molecule has 0 unspecified atom stereocenters. The molecule has 0 bridgehead atoms. The lowest BCUT2D eigenvalue weighted by Crippen LogP contribution is -1.99. The van der Waals surface area contributed by atoms with Crippen molar-refractivity contribution >= 4 is 5.97 Å². The van der Waals surface area contributed by atoms with Crippen molar-refractivity contribution < 1.29 is 14.6 Å². The van der Waals surface area contributed by atoms with Gasteiger partial charge in [0.1, 0.15) is 5.75 Å². The third-order valence-corrected chi connectivity index (χ3v) is 3.42. The minimum atomic E-state index is -0.921. The number of carboxylic acid groups (broad SMARTS) is 1. The summed E-state index contributed by atoms with van der Waals surface area (Å²) in [6.07, 6.45) is 0. The molecule has 0 radical (unpaired) electrons. The Morgan fingerprint density at radius 1 is 1.05 bits per heavy atom.